The van der Waals surface area contributed by atoms with Gasteiger partial charge in [0.2, 0.25) is 5.91 Å². The summed E-state index contributed by atoms with van der Waals surface area (Å²) in [5.74, 6) is 0.696. The van der Waals surface area contributed by atoms with Gasteiger partial charge in [-0.15, -0.1) is 0 Å². The second-order valence-electron chi connectivity index (χ2n) is 4.59. The Morgan fingerprint density at radius 1 is 1.45 bits per heavy atom. The smallest absolute Gasteiger partial charge is 0.234 e. The lowest BCUT2D eigenvalue weighted by molar-refractivity contribution is -0.123. The van der Waals surface area contributed by atoms with E-state index in [2.05, 4.69) is 10.9 Å². The van der Waals surface area contributed by atoms with Crippen molar-refractivity contribution in [3.05, 3.63) is 29.8 Å². The highest BCUT2D eigenvalue weighted by Gasteiger charge is 2.14. The molecule has 0 saturated carbocycles. The summed E-state index contributed by atoms with van der Waals surface area (Å²) in [6.07, 6.45) is 6.84. The molecule has 5 nitrogen and oxygen atoms in total. The van der Waals surface area contributed by atoms with Crippen LogP contribution < -0.4 is 15.6 Å². The maximum Gasteiger partial charge on any atom is 0.234 e. The third kappa shape index (κ3) is 4.00. The molecule has 6 heteroatoms. The van der Waals surface area contributed by atoms with E-state index in [-0.39, 0.29) is 11.9 Å². The zero-order valence-electron chi connectivity index (χ0n) is 11.5. The number of benzene rings is 1. The Hall–Kier alpha value is -1.50. The van der Waals surface area contributed by atoms with Crippen molar-refractivity contribution < 1.29 is 14.1 Å². The molecule has 1 aromatic carbocycles. The van der Waals surface area contributed by atoms with Gasteiger partial charge in [-0.3, -0.25) is 10.2 Å². The molecule has 2 N–H and O–H groups in total. The van der Waals surface area contributed by atoms with Crippen LogP contribution in [0, 0.1) is 0 Å². The average Bonchev–Trinajstić information content (AvgIpc) is 2.46. The van der Waals surface area contributed by atoms with Gasteiger partial charge in [-0.25, -0.2) is 5.43 Å². The standard InChI is InChI=1S/C14H18N2O3S/c1-19-12-7-10(8-13(9-12)20(2)18)3-4-11-5-6-14(17)16-15-11/h3-4,7-9,11,15H,5-6H2,1-2H3,(H,16,17)/b4-3+. The van der Waals surface area contributed by atoms with Crippen LogP contribution in [-0.4, -0.2) is 29.9 Å². The van der Waals surface area contributed by atoms with Gasteiger partial charge in [0, 0.05) is 24.6 Å². The Bertz CT molecular complexity index is 507. The number of ether oxygens (including phenoxy) is 1. The molecule has 1 heterocycles. The second kappa shape index (κ2) is 6.78. The highest BCUT2D eigenvalue weighted by atomic mass is 32.2. The van der Waals surface area contributed by atoms with Gasteiger partial charge in [0.15, 0.2) is 4.90 Å². The van der Waals surface area contributed by atoms with Crippen molar-refractivity contribution in [3.8, 4) is 5.75 Å². The third-order valence-corrected chi connectivity index (χ3v) is 3.97. The van der Waals surface area contributed by atoms with Crippen LogP contribution in [0.3, 0.4) is 0 Å². The number of amides is 1. The number of carbonyl (C=O) groups excluding carboxylic acids is 1. The van der Waals surface area contributed by atoms with Crippen LogP contribution in [-0.2, 0) is 16.0 Å². The minimum atomic E-state index is -1.05. The van der Waals surface area contributed by atoms with Crippen LogP contribution in [0.1, 0.15) is 18.4 Å². The predicted molar refractivity (Wildman–Crippen MR) is 78.7 cm³/mol. The molecule has 2 atom stereocenters. The summed E-state index contributed by atoms with van der Waals surface area (Å²) >= 11 is -1.05. The molecule has 1 fully saturated rings. The molecular weight excluding hydrogens is 276 g/mol. The van der Waals surface area contributed by atoms with Crippen molar-refractivity contribution in [3.63, 3.8) is 0 Å². The van der Waals surface area contributed by atoms with Gasteiger partial charge in [-0.2, -0.15) is 0 Å². The molecule has 1 aromatic rings. The highest BCUT2D eigenvalue weighted by Crippen LogP contribution is 2.22. The summed E-state index contributed by atoms with van der Waals surface area (Å²) in [5.41, 5.74) is 6.46. The molecule has 0 spiro atoms. The monoisotopic (exact) mass is 294 g/mol. The summed E-state index contributed by atoms with van der Waals surface area (Å²) in [6, 6.07) is 5.63. The largest absolute Gasteiger partial charge is 0.612 e. The molecule has 0 bridgehead atoms. The lowest BCUT2D eigenvalue weighted by atomic mass is 10.1. The number of hydrogen-bond acceptors (Lipinski definition) is 4. The molecule has 1 aliphatic rings. The quantitative estimate of drug-likeness (QED) is 0.819. The number of hydrazine groups is 1. The molecular formula is C14H18N2O3S. The Morgan fingerprint density at radius 3 is 2.85 bits per heavy atom. The van der Waals surface area contributed by atoms with Gasteiger partial charge >= 0.3 is 0 Å². The van der Waals surface area contributed by atoms with Crippen molar-refractivity contribution in [1.29, 1.82) is 0 Å². The van der Waals surface area contributed by atoms with E-state index in [1.54, 1.807) is 19.4 Å². The first-order valence-corrected chi connectivity index (χ1v) is 7.89. The first kappa shape index (κ1) is 14.9. The molecule has 2 unspecified atom stereocenters. The average molecular weight is 294 g/mol. The number of carbonyl (C=O) groups is 1. The van der Waals surface area contributed by atoms with Crippen molar-refractivity contribution >= 4 is 23.2 Å². The van der Waals surface area contributed by atoms with Crippen LogP contribution in [0.25, 0.3) is 6.08 Å². The third-order valence-electron chi connectivity index (χ3n) is 3.07. The first-order chi connectivity index (χ1) is 9.58. The zero-order valence-corrected chi connectivity index (χ0v) is 12.3. The van der Waals surface area contributed by atoms with Crippen molar-refractivity contribution in [2.75, 3.05) is 13.4 Å². The fourth-order valence-corrected chi connectivity index (χ4v) is 2.52. The van der Waals surface area contributed by atoms with E-state index in [0.29, 0.717) is 12.2 Å². The molecule has 0 aliphatic carbocycles. The molecule has 20 heavy (non-hydrogen) atoms. The molecule has 1 saturated heterocycles. The molecule has 0 radical (unpaired) electrons. The number of methoxy groups -OCH3 is 1. The van der Waals surface area contributed by atoms with Crippen LogP contribution in [0.2, 0.25) is 0 Å². The van der Waals surface area contributed by atoms with Crippen molar-refractivity contribution in [2.45, 2.75) is 23.8 Å². The van der Waals surface area contributed by atoms with Crippen LogP contribution >= 0.6 is 0 Å². The normalized spacial score (nSPS) is 20.8. The van der Waals surface area contributed by atoms with E-state index >= 15 is 0 Å². The first-order valence-electron chi connectivity index (χ1n) is 6.33. The number of hydrogen-bond donors (Lipinski definition) is 2. The minimum Gasteiger partial charge on any atom is -0.612 e. The summed E-state index contributed by atoms with van der Waals surface area (Å²) in [7, 11) is 1.59. The molecule has 0 aromatic heterocycles. The van der Waals surface area contributed by atoms with Crippen molar-refractivity contribution in [1.82, 2.24) is 10.9 Å². The van der Waals surface area contributed by atoms with E-state index in [1.165, 1.54) is 0 Å². The zero-order chi connectivity index (χ0) is 14.5. The summed E-state index contributed by atoms with van der Waals surface area (Å²) in [4.78, 5) is 11.8. The lowest BCUT2D eigenvalue weighted by Gasteiger charge is -2.20. The predicted octanol–water partition coefficient (Wildman–Crippen LogP) is 1.23. The van der Waals surface area contributed by atoms with E-state index in [9.17, 15) is 9.35 Å². The fourth-order valence-electron chi connectivity index (χ4n) is 1.94. The molecule has 108 valence electrons. The Kier molecular flexibility index (Phi) is 5.05. The van der Waals surface area contributed by atoms with E-state index in [4.69, 9.17) is 4.74 Å². The van der Waals surface area contributed by atoms with Crippen LogP contribution in [0.4, 0.5) is 0 Å². The molecule has 2 rings (SSSR count). The minimum absolute atomic E-state index is 0.0136. The van der Waals surface area contributed by atoms with Gasteiger partial charge in [-0.05, 0) is 29.2 Å². The second-order valence-corrected chi connectivity index (χ2v) is 5.97. The fraction of sp³-hybridized carbons (Fsp3) is 0.357. The van der Waals surface area contributed by atoms with E-state index < -0.39 is 11.2 Å². The Labute approximate surface area is 121 Å². The maximum atomic E-state index is 11.6. The van der Waals surface area contributed by atoms with E-state index in [1.807, 2.05) is 24.3 Å². The van der Waals surface area contributed by atoms with Crippen LogP contribution in [0.5, 0.6) is 5.75 Å². The Balaban J connectivity index is 2.11. The topological polar surface area (TPSA) is 73.4 Å². The van der Waals surface area contributed by atoms with E-state index in [0.717, 1.165) is 16.9 Å². The highest BCUT2D eigenvalue weighted by molar-refractivity contribution is 7.90. The lowest BCUT2D eigenvalue weighted by Crippen LogP contribution is -2.48. The Morgan fingerprint density at radius 2 is 2.25 bits per heavy atom. The molecule has 1 amide bonds. The van der Waals surface area contributed by atoms with Gasteiger partial charge in [0.05, 0.1) is 7.11 Å². The van der Waals surface area contributed by atoms with Gasteiger partial charge < -0.3 is 9.29 Å². The summed E-state index contributed by atoms with van der Waals surface area (Å²) in [5, 5.41) is 0. The number of rotatable bonds is 4. The maximum absolute atomic E-state index is 11.6. The molecule has 1 aliphatic heterocycles. The van der Waals surface area contributed by atoms with Gasteiger partial charge in [0.1, 0.15) is 12.0 Å². The SMILES string of the molecule is COc1cc(/C=C/C2CCC(=O)NN2)cc([S+](C)[O-])c1. The van der Waals surface area contributed by atoms with Gasteiger partial charge in [0.25, 0.3) is 0 Å². The van der Waals surface area contributed by atoms with Crippen LogP contribution in [0.15, 0.2) is 29.2 Å². The van der Waals surface area contributed by atoms with Crippen molar-refractivity contribution in [2.24, 2.45) is 0 Å². The van der Waals surface area contributed by atoms with Gasteiger partial charge in [-0.1, -0.05) is 12.2 Å². The number of nitrogens with one attached hydrogen (secondary N) is 2. The summed E-state index contributed by atoms with van der Waals surface area (Å²) in [6.45, 7) is 0. The summed E-state index contributed by atoms with van der Waals surface area (Å²) < 4.78 is 16.8.